The van der Waals surface area contributed by atoms with Crippen molar-refractivity contribution in [2.24, 2.45) is 7.05 Å². The molecule has 210 valence electrons. The second-order valence-corrected chi connectivity index (χ2v) is 11.4. The van der Waals surface area contributed by atoms with E-state index in [4.69, 9.17) is 16.3 Å². The fraction of sp³-hybridized carbons (Fsp3) is 0.308. The van der Waals surface area contributed by atoms with Crippen LogP contribution in [0.15, 0.2) is 53.7 Å². The molecule has 1 aromatic carbocycles. The number of likely N-dealkylation sites (N-methyl/N-ethyl adjacent to an activating group) is 1. The van der Waals surface area contributed by atoms with Gasteiger partial charge in [-0.25, -0.2) is 23.1 Å². The number of nitrogens with one attached hydrogen (secondary N) is 1. The Balaban J connectivity index is 1.58. The van der Waals surface area contributed by atoms with E-state index in [1.54, 1.807) is 19.2 Å². The van der Waals surface area contributed by atoms with Crippen molar-refractivity contribution < 1.29 is 17.5 Å². The Labute approximate surface area is 236 Å². The predicted molar refractivity (Wildman–Crippen MR) is 150 cm³/mol. The monoisotopic (exact) mass is 586 g/mol. The smallest absolute Gasteiger partial charge is 0.267 e. The number of rotatable bonds is 8. The lowest BCUT2D eigenvalue weighted by atomic mass is 10.1. The zero-order valence-corrected chi connectivity index (χ0v) is 23.7. The van der Waals surface area contributed by atoms with Gasteiger partial charge in [0.15, 0.2) is 0 Å². The van der Waals surface area contributed by atoms with E-state index in [9.17, 15) is 12.8 Å². The summed E-state index contributed by atoms with van der Waals surface area (Å²) in [4.78, 5) is 17.1. The zero-order valence-electron chi connectivity index (χ0n) is 22.2. The number of hydrogen-bond donors (Lipinski definition) is 1. The minimum Gasteiger partial charge on any atom is -0.437 e. The first-order chi connectivity index (χ1) is 19.1. The van der Waals surface area contributed by atoms with Gasteiger partial charge in [-0.3, -0.25) is 4.68 Å². The van der Waals surface area contributed by atoms with Crippen molar-refractivity contribution in [1.82, 2.24) is 29.6 Å². The largest absolute Gasteiger partial charge is 0.437 e. The Kier molecular flexibility index (Phi) is 7.88. The van der Waals surface area contributed by atoms with Crippen molar-refractivity contribution in [3.05, 3.63) is 65.3 Å². The number of piperazine rings is 1. The van der Waals surface area contributed by atoms with Crippen LogP contribution in [0.1, 0.15) is 12.5 Å². The first-order valence-corrected chi connectivity index (χ1v) is 14.5. The average molecular weight is 587 g/mol. The molecule has 4 heterocycles. The number of aryl methyl sites for hydroxylation is 1. The molecular weight excluding hydrogens is 559 g/mol. The van der Waals surface area contributed by atoms with Gasteiger partial charge < -0.3 is 14.5 Å². The number of ether oxygens (including phenoxy) is 1. The van der Waals surface area contributed by atoms with E-state index in [1.807, 2.05) is 19.1 Å². The molecule has 14 heteroatoms. The third-order valence-corrected chi connectivity index (χ3v) is 8.15. The van der Waals surface area contributed by atoms with Gasteiger partial charge >= 0.3 is 0 Å². The molecule has 0 aliphatic carbocycles. The van der Waals surface area contributed by atoms with E-state index in [1.165, 1.54) is 29.2 Å². The Bertz CT molecular complexity index is 1640. The molecule has 40 heavy (non-hydrogen) atoms. The lowest BCUT2D eigenvalue weighted by Crippen LogP contribution is -2.44. The van der Waals surface area contributed by atoms with Crippen LogP contribution in [0.4, 0.5) is 16.0 Å². The molecule has 1 saturated heterocycles. The minimum atomic E-state index is -4.09. The minimum absolute atomic E-state index is 0.0693. The number of pyridine rings is 1. The van der Waals surface area contributed by atoms with Gasteiger partial charge in [0.2, 0.25) is 17.8 Å². The summed E-state index contributed by atoms with van der Waals surface area (Å²) in [6, 6.07) is 9.76. The van der Waals surface area contributed by atoms with E-state index in [-0.39, 0.29) is 28.1 Å². The highest BCUT2D eigenvalue weighted by Gasteiger charge is 2.24. The topological polar surface area (TPSA) is 118 Å². The van der Waals surface area contributed by atoms with Gasteiger partial charge in [-0.15, -0.1) is 0 Å². The zero-order chi connectivity index (χ0) is 28.4. The summed E-state index contributed by atoms with van der Waals surface area (Å²) in [7, 11) is -0.411. The van der Waals surface area contributed by atoms with Crippen LogP contribution in [0, 0.1) is 5.95 Å². The fourth-order valence-corrected chi connectivity index (χ4v) is 5.57. The Hall–Kier alpha value is -3.81. The summed E-state index contributed by atoms with van der Waals surface area (Å²) in [5, 5.41) is 4.32. The third-order valence-electron chi connectivity index (χ3n) is 6.49. The quantitative estimate of drug-likeness (QED) is 0.306. The average Bonchev–Trinajstić information content (AvgIpc) is 3.37. The van der Waals surface area contributed by atoms with Crippen LogP contribution in [0.5, 0.6) is 11.6 Å². The van der Waals surface area contributed by atoms with Gasteiger partial charge in [0.1, 0.15) is 21.4 Å². The van der Waals surface area contributed by atoms with Gasteiger partial charge in [0.25, 0.3) is 10.0 Å². The summed E-state index contributed by atoms with van der Waals surface area (Å²) >= 11 is 6.82. The number of sulfonamides is 1. The highest BCUT2D eigenvalue weighted by Crippen LogP contribution is 2.39. The predicted octanol–water partition coefficient (Wildman–Crippen LogP) is 3.97. The molecule has 0 amide bonds. The number of hydrogen-bond acceptors (Lipinski definition) is 9. The maximum atomic E-state index is 14.1. The first kappa shape index (κ1) is 27.7. The van der Waals surface area contributed by atoms with E-state index >= 15 is 0 Å². The number of halogens is 2. The van der Waals surface area contributed by atoms with Crippen molar-refractivity contribution in [1.29, 1.82) is 0 Å². The van der Waals surface area contributed by atoms with E-state index in [2.05, 4.69) is 41.6 Å². The molecule has 3 aromatic heterocycles. The van der Waals surface area contributed by atoms with Crippen LogP contribution < -0.4 is 14.4 Å². The molecule has 0 saturated carbocycles. The van der Waals surface area contributed by atoms with Crippen molar-refractivity contribution in [3.8, 4) is 23.0 Å². The van der Waals surface area contributed by atoms with Crippen LogP contribution >= 0.6 is 11.6 Å². The van der Waals surface area contributed by atoms with Crippen molar-refractivity contribution in [2.45, 2.75) is 18.2 Å². The van der Waals surface area contributed by atoms with Crippen molar-refractivity contribution >= 4 is 33.3 Å². The lowest BCUT2D eigenvalue weighted by Gasteiger charge is -2.34. The van der Waals surface area contributed by atoms with Gasteiger partial charge in [-0.2, -0.15) is 14.5 Å². The molecule has 0 radical (unpaired) electrons. The highest BCUT2D eigenvalue weighted by atomic mass is 35.5. The summed E-state index contributed by atoms with van der Waals surface area (Å²) in [5.41, 5.74) is 1.75. The lowest BCUT2D eigenvalue weighted by molar-refractivity contribution is 0.313. The van der Waals surface area contributed by atoms with E-state index in [0.29, 0.717) is 22.8 Å². The second kappa shape index (κ2) is 11.4. The SMILES string of the molecule is CCc1c(Oc2cccc(N3CCN(C)CC3)c2Cl)nc(NS(=O)(=O)c2cnn(C)c2)nc1-c1cccc(F)n1. The Morgan fingerprint density at radius 1 is 1.05 bits per heavy atom. The van der Waals surface area contributed by atoms with Crippen LogP contribution in [0.25, 0.3) is 11.4 Å². The third kappa shape index (κ3) is 5.86. The maximum absolute atomic E-state index is 14.1. The summed E-state index contributed by atoms with van der Waals surface area (Å²) in [6.45, 7) is 5.28. The highest BCUT2D eigenvalue weighted by molar-refractivity contribution is 7.92. The maximum Gasteiger partial charge on any atom is 0.267 e. The van der Waals surface area contributed by atoms with E-state index in [0.717, 1.165) is 31.9 Å². The summed E-state index contributed by atoms with van der Waals surface area (Å²) in [6.07, 6.45) is 2.94. The van der Waals surface area contributed by atoms with Crippen molar-refractivity contribution in [2.75, 3.05) is 42.8 Å². The van der Waals surface area contributed by atoms with Gasteiger partial charge in [0, 0.05) is 45.0 Å². The summed E-state index contributed by atoms with van der Waals surface area (Å²) in [5.74, 6) is -0.574. The number of aromatic nitrogens is 5. The molecule has 0 bridgehead atoms. The van der Waals surface area contributed by atoms with Crippen molar-refractivity contribution in [3.63, 3.8) is 0 Å². The van der Waals surface area contributed by atoms with Gasteiger partial charge in [-0.1, -0.05) is 30.7 Å². The molecule has 0 atom stereocenters. The van der Waals surface area contributed by atoms with Crippen LogP contribution in [0.3, 0.4) is 0 Å². The number of benzene rings is 1. The molecule has 0 unspecified atom stereocenters. The number of nitrogens with zero attached hydrogens (tertiary/aromatic N) is 7. The second-order valence-electron chi connectivity index (χ2n) is 9.32. The Morgan fingerprint density at radius 3 is 2.48 bits per heavy atom. The molecule has 11 nitrogen and oxygen atoms in total. The summed E-state index contributed by atoms with van der Waals surface area (Å²) < 4.78 is 50.2. The fourth-order valence-electron chi connectivity index (χ4n) is 4.35. The van der Waals surface area contributed by atoms with Crippen LogP contribution in [0.2, 0.25) is 5.02 Å². The molecule has 4 aromatic rings. The molecule has 5 rings (SSSR count). The van der Waals surface area contributed by atoms with Gasteiger partial charge in [-0.05, 0) is 37.7 Å². The first-order valence-electron chi connectivity index (χ1n) is 12.6. The standard InChI is InChI=1S/C26H28ClFN8O3S/c1-4-18-24(19-7-5-10-22(28)30-19)31-26(33-40(37,38)17-15-29-35(3)16-17)32-25(18)39-21-9-6-8-20(23(21)27)36-13-11-34(2)12-14-36/h5-10,15-16H,4,11-14H2,1-3H3,(H,31,32,33). The molecule has 1 aliphatic heterocycles. The molecule has 0 spiro atoms. The van der Waals surface area contributed by atoms with Crippen LogP contribution in [-0.4, -0.2) is 71.3 Å². The molecule has 1 aliphatic rings. The number of anilines is 2. The van der Waals surface area contributed by atoms with Crippen LogP contribution in [-0.2, 0) is 23.5 Å². The normalized spacial score (nSPS) is 14.4. The molecular formula is C26H28ClFN8O3S. The molecule has 1 fully saturated rings. The molecule has 1 N–H and O–H groups in total. The van der Waals surface area contributed by atoms with Gasteiger partial charge in [0.05, 0.1) is 17.6 Å². The van der Waals surface area contributed by atoms with E-state index < -0.39 is 16.0 Å². The Morgan fingerprint density at radius 2 is 1.80 bits per heavy atom.